The summed E-state index contributed by atoms with van der Waals surface area (Å²) >= 11 is 0. The van der Waals surface area contributed by atoms with Crippen LogP contribution in [0.5, 0.6) is 0 Å². The summed E-state index contributed by atoms with van der Waals surface area (Å²) in [5.41, 5.74) is 7.29. The summed E-state index contributed by atoms with van der Waals surface area (Å²) in [6.45, 7) is 23.5. The third-order valence-electron chi connectivity index (χ3n) is 4.04. The van der Waals surface area contributed by atoms with E-state index >= 15 is 0 Å². The summed E-state index contributed by atoms with van der Waals surface area (Å²) in [6.07, 6.45) is 14.5. The van der Waals surface area contributed by atoms with E-state index in [2.05, 4.69) is 66.7 Å². The summed E-state index contributed by atoms with van der Waals surface area (Å²) < 4.78 is 0. The van der Waals surface area contributed by atoms with Crippen molar-refractivity contribution < 1.29 is 0 Å². The van der Waals surface area contributed by atoms with E-state index in [0.29, 0.717) is 0 Å². The molecule has 25 heavy (non-hydrogen) atoms. The Labute approximate surface area is 161 Å². The SMILES string of the molecule is CC.CC.CCCC1=CCC(C(C)=C(C)C)=C(C)C=C1.CCCCC. The second kappa shape index (κ2) is 21.0. The lowest BCUT2D eigenvalue weighted by atomic mass is 9.96. The molecule has 0 aromatic carbocycles. The van der Waals surface area contributed by atoms with Crippen molar-refractivity contribution >= 4 is 0 Å². The van der Waals surface area contributed by atoms with E-state index < -0.39 is 0 Å². The maximum atomic E-state index is 2.39. The van der Waals surface area contributed by atoms with Crippen LogP contribution < -0.4 is 0 Å². The standard InChI is InChI=1S/C16H24.C5H12.2C2H6/c1-6-7-15-9-8-13(4)16(11-10-15)14(5)12(2)3;1-3-5-4-2;2*1-2/h8-10H,6-7,11H2,1-5H3;3-5H2,1-2H3;2*1-2H3. The maximum Gasteiger partial charge on any atom is -0.00864 e. The van der Waals surface area contributed by atoms with Crippen molar-refractivity contribution in [1.29, 1.82) is 0 Å². The van der Waals surface area contributed by atoms with E-state index in [9.17, 15) is 0 Å². The highest BCUT2D eigenvalue weighted by Crippen LogP contribution is 2.26. The van der Waals surface area contributed by atoms with Gasteiger partial charge in [-0.25, -0.2) is 0 Å². The van der Waals surface area contributed by atoms with Gasteiger partial charge in [-0.05, 0) is 57.3 Å². The molecule has 0 bridgehead atoms. The third kappa shape index (κ3) is 15.0. The predicted molar refractivity (Wildman–Crippen MR) is 121 cm³/mol. The van der Waals surface area contributed by atoms with Crippen LogP contribution in [0, 0.1) is 0 Å². The normalized spacial score (nSPS) is 12.4. The Kier molecular flexibility index (Phi) is 24.2. The Hall–Kier alpha value is -1.04. The lowest BCUT2D eigenvalue weighted by molar-refractivity contribution is 0.772. The highest BCUT2D eigenvalue weighted by molar-refractivity contribution is 5.45. The molecule has 0 fully saturated rings. The molecular formula is C25H48. The minimum Gasteiger partial charge on any atom is -0.0769 e. The fourth-order valence-corrected chi connectivity index (χ4v) is 2.37. The zero-order chi connectivity index (χ0) is 20.3. The number of hydrogen-bond donors (Lipinski definition) is 0. The first-order chi connectivity index (χ1) is 12.0. The first-order valence-corrected chi connectivity index (χ1v) is 10.7. The smallest absolute Gasteiger partial charge is 0.00864 e. The molecule has 0 heterocycles. The van der Waals surface area contributed by atoms with Crippen molar-refractivity contribution in [2.24, 2.45) is 0 Å². The van der Waals surface area contributed by atoms with Crippen molar-refractivity contribution in [3.05, 3.63) is 46.1 Å². The second-order valence-corrected chi connectivity index (χ2v) is 6.21. The van der Waals surface area contributed by atoms with Crippen LogP contribution in [0.2, 0.25) is 0 Å². The Morgan fingerprint density at radius 1 is 0.840 bits per heavy atom. The Balaban J connectivity index is -0.000000454. The molecule has 0 saturated carbocycles. The van der Waals surface area contributed by atoms with Crippen LogP contribution in [0.1, 0.15) is 115 Å². The van der Waals surface area contributed by atoms with Gasteiger partial charge in [-0.2, -0.15) is 0 Å². The quantitative estimate of drug-likeness (QED) is 0.464. The van der Waals surface area contributed by atoms with Crippen molar-refractivity contribution in [2.45, 2.75) is 115 Å². The highest BCUT2D eigenvalue weighted by atomic mass is 14.1. The predicted octanol–water partition coefficient (Wildman–Crippen LogP) is 9.59. The molecule has 0 nitrogen and oxygen atoms in total. The van der Waals surface area contributed by atoms with Gasteiger partial charge in [0.15, 0.2) is 0 Å². The van der Waals surface area contributed by atoms with Crippen LogP contribution in [0.25, 0.3) is 0 Å². The molecule has 0 amide bonds. The van der Waals surface area contributed by atoms with Crippen LogP contribution in [-0.4, -0.2) is 0 Å². The van der Waals surface area contributed by atoms with Gasteiger partial charge in [0.25, 0.3) is 0 Å². The monoisotopic (exact) mass is 348 g/mol. The summed E-state index contributed by atoms with van der Waals surface area (Å²) in [5, 5.41) is 0. The molecule has 1 aliphatic rings. The molecule has 0 aliphatic heterocycles. The van der Waals surface area contributed by atoms with Gasteiger partial charge < -0.3 is 0 Å². The van der Waals surface area contributed by atoms with Crippen LogP contribution in [-0.2, 0) is 0 Å². The minimum absolute atomic E-state index is 1.09. The van der Waals surface area contributed by atoms with Crippen molar-refractivity contribution in [3.8, 4) is 0 Å². The number of allylic oxidation sites excluding steroid dienone is 8. The van der Waals surface area contributed by atoms with Crippen LogP contribution in [0.3, 0.4) is 0 Å². The zero-order valence-electron chi connectivity index (χ0n) is 19.5. The first-order valence-electron chi connectivity index (χ1n) is 10.7. The van der Waals surface area contributed by atoms with E-state index in [1.165, 1.54) is 60.0 Å². The first kappa shape index (κ1) is 28.8. The average Bonchev–Trinajstić information content (AvgIpc) is 2.81. The molecule has 1 rings (SSSR count). The van der Waals surface area contributed by atoms with Crippen LogP contribution in [0.4, 0.5) is 0 Å². The van der Waals surface area contributed by atoms with Gasteiger partial charge in [-0.1, -0.05) is 104 Å². The summed E-state index contributed by atoms with van der Waals surface area (Å²) in [6, 6.07) is 0. The molecule has 0 aromatic rings. The molecule has 0 spiro atoms. The van der Waals surface area contributed by atoms with E-state index in [1.807, 2.05) is 27.7 Å². The molecule has 0 unspecified atom stereocenters. The van der Waals surface area contributed by atoms with Crippen LogP contribution in [0.15, 0.2) is 46.1 Å². The molecule has 0 N–H and O–H groups in total. The van der Waals surface area contributed by atoms with Gasteiger partial charge in [0.2, 0.25) is 0 Å². The van der Waals surface area contributed by atoms with Crippen molar-refractivity contribution in [2.75, 3.05) is 0 Å². The Bertz CT molecular complexity index is 407. The molecule has 0 saturated heterocycles. The molecule has 148 valence electrons. The van der Waals surface area contributed by atoms with E-state index in [0.717, 1.165) is 6.42 Å². The van der Waals surface area contributed by atoms with E-state index in [4.69, 9.17) is 0 Å². The van der Waals surface area contributed by atoms with E-state index in [1.54, 1.807) is 0 Å². The van der Waals surface area contributed by atoms with Gasteiger partial charge >= 0.3 is 0 Å². The molecule has 0 radical (unpaired) electrons. The lowest BCUT2D eigenvalue weighted by Gasteiger charge is -2.10. The highest BCUT2D eigenvalue weighted by Gasteiger charge is 2.07. The molecule has 0 atom stereocenters. The zero-order valence-corrected chi connectivity index (χ0v) is 19.5. The third-order valence-corrected chi connectivity index (χ3v) is 4.04. The summed E-state index contributed by atoms with van der Waals surface area (Å²) in [5.74, 6) is 0. The fraction of sp³-hybridized carbons (Fsp3) is 0.680. The summed E-state index contributed by atoms with van der Waals surface area (Å²) in [4.78, 5) is 0. The molecule has 1 aliphatic carbocycles. The van der Waals surface area contributed by atoms with Crippen LogP contribution >= 0.6 is 0 Å². The van der Waals surface area contributed by atoms with Gasteiger partial charge in [0.1, 0.15) is 0 Å². The van der Waals surface area contributed by atoms with Crippen molar-refractivity contribution in [1.82, 2.24) is 0 Å². The largest absolute Gasteiger partial charge is 0.0769 e. The Morgan fingerprint density at radius 2 is 1.36 bits per heavy atom. The van der Waals surface area contributed by atoms with Gasteiger partial charge in [0.05, 0.1) is 0 Å². The molecule has 0 heteroatoms. The lowest BCUT2D eigenvalue weighted by Crippen LogP contribution is -1.90. The van der Waals surface area contributed by atoms with Gasteiger partial charge in [-0.15, -0.1) is 0 Å². The van der Waals surface area contributed by atoms with Crippen molar-refractivity contribution in [3.63, 3.8) is 0 Å². The maximum absolute atomic E-state index is 2.39. The number of unbranched alkanes of at least 4 members (excludes halogenated alkanes) is 2. The topological polar surface area (TPSA) is 0 Å². The van der Waals surface area contributed by atoms with Gasteiger partial charge in [0, 0.05) is 0 Å². The molecular weight excluding hydrogens is 300 g/mol. The number of rotatable bonds is 5. The van der Waals surface area contributed by atoms with E-state index in [-0.39, 0.29) is 0 Å². The molecule has 0 aromatic heterocycles. The fourth-order valence-electron chi connectivity index (χ4n) is 2.37. The number of hydrogen-bond acceptors (Lipinski definition) is 0. The average molecular weight is 349 g/mol. The minimum atomic E-state index is 1.09. The Morgan fingerprint density at radius 3 is 1.72 bits per heavy atom. The van der Waals surface area contributed by atoms with Gasteiger partial charge in [-0.3, -0.25) is 0 Å². The second-order valence-electron chi connectivity index (χ2n) is 6.21. The summed E-state index contributed by atoms with van der Waals surface area (Å²) in [7, 11) is 0.